The molecule has 0 unspecified atom stereocenters. The number of carbonyl (C=O) groups excluding carboxylic acids is 3. The van der Waals surface area contributed by atoms with Crippen molar-refractivity contribution in [3.05, 3.63) is 63.7 Å². The molecular formula is C24H26ClNO6. The molecule has 0 saturated heterocycles. The van der Waals surface area contributed by atoms with Crippen LogP contribution in [0.15, 0.2) is 36.4 Å². The molecule has 0 aliphatic carbocycles. The van der Waals surface area contributed by atoms with Crippen molar-refractivity contribution in [1.29, 1.82) is 0 Å². The minimum absolute atomic E-state index is 0.120. The molecule has 0 spiro atoms. The molecule has 0 radical (unpaired) electrons. The lowest BCUT2D eigenvalue weighted by molar-refractivity contribution is -0.146. The Morgan fingerprint density at radius 1 is 1.31 bits per heavy atom. The Morgan fingerprint density at radius 2 is 2.03 bits per heavy atom. The second-order valence-corrected chi connectivity index (χ2v) is 8.17. The Hall–Kier alpha value is -3.06. The summed E-state index contributed by atoms with van der Waals surface area (Å²) in [6.45, 7) is 3.94. The van der Waals surface area contributed by atoms with Gasteiger partial charge in [-0.25, -0.2) is 9.59 Å². The molecule has 3 rings (SSSR count). The van der Waals surface area contributed by atoms with Gasteiger partial charge in [0.1, 0.15) is 23.5 Å². The summed E-state index contributed by atoms with van der Waals surface area (Å²) in [6.07, 6.45) is 1.71. The lowest BCUT2D eigenvalue weighted by atomic mass is 9.95. The fourth-order valence-corrected chi connectivity index (χ4v) is 3.82. The first-order chi connectivity index (χ1) is 15.3. The van der Waals surface area contributed by atoms with Crippen LogP contribution in [0.2, 0.25) is 5.02 Å². The number of esters is 2. The lowest BCUT2D eigenvalue weighted by Crippen LogP contribution is -2.43. The number of cyclic esters (lactones) is 1. The summed E-state index contributed by atoms with van der Waals surface area (Å²) in [5.41, 5.74) is 0.935. The largest absolute Gasteiger partial charge is 0.506 e. The Bertz CT molecular complexity index is 1010. The number of benzene rings is 2. The van der Waals surface area contributed by atoms with Gasteiger partial charge in [-0.2, -0.15) is 0 Å². The maximum atomic E-state index is 13.0. The number of aromatic hydroxyl groups is 1. The van der Waals surface area contributed by atoms with Crippen LogP contribution < -0.4 is 5.32 Å². The zero-order valence-electron chi connectivity index (χ0n) is 18.0. The predicted octanol–water partition coefficient (Wildman–Crippen LogP) is 3.83. The first kappa shape index (κ1) is 23.6. The van der Waals surface area contributed by atoms with Gasteiger partial charge in [0.2, 0.25) is 0 Å². The van der Waals surface area contributed by atoms with Gasteiger partial charge in [0, 0.05) is 17.9 Å². The molecule has 1 amide bonds. The van der Waals surface area contributed by atoms with Crippen molar-refractivity contribution in [1.82, 2.24) is 5.32 Å². The standard InChI is InChI=1S/C24H26ClNO6/c1-3-4-10-31-23(29)19(12-15-8-6-5-7-9-15)26-22(28)17-13-18(25)16-11-14(2)32-24(30)20(16)21(17)27/h5-9,13-14,19,27H,3-4,10-12H2,1-2H3,(H,26,28)/t14-,19+/m1/s1. The average molecular weight is 460 g/mol. The van der Waals surface area contributed by atoms with Crippen molar-refractivity contribution in [2.45, 2.75) is 51.7 Å². The van der Waals surface area contributed by atoms with Crippen LogP contribution in [0.4, 0.5) is 0 Å². The third-order valence-electron chi connectivity index (χ3n) is 5.22. The monoisotopic (exact) mass is 459 g/mol. The van der Waals surface area contributed by atoms with Crippen LogP contribution in [0.5, 0.6) is 5.75 Å². The van der Waals surface area contributed by atoms with E-state index < -0.39 is 29.6 Å². The van der Waals surface area contributed by atoms with E-state index in [2.05, 4.69) is 5.32 Å². The summed E-state index contributed by atoms with van der Waals surface area (Å²) in [6, 6.07) is 9.51. The molecule has 0 saturated carbocycles. The normalized spacial score (nSPS) is 16.0. The van der Waals surface area contributed by atoms with Gasteiger partial charge in [-0.1, -0.05) is 55.3 Å². The maximum Gasteiger partial charge on any atom is 0.342 e. The summed E-state index contributed by atoms with van der Waals surface area (Å²) >= 11 is 6.32. The topological polar surface area (TPSA) is 102 Å². The van der Waals surface area contributed by atoms with Crippen molar-refractivity contribution in [3.8, 4) is 5.75 Å². The van der Waals surface area contributed by atoms with Gasteiger partial charge >= 0.3 is 11.9 Å². The Balaban J connectivity index is 1.87. The SMILES string of the molecule is CCCCOC(=O)[C@H](Cc1ccccc1)NC(=O)c1cc(Cl)c2c(c1O)C(=O)O[C@H](C)C2. The minimum atomic E-state index is -0.983. The number of rotatable bonds is 8. The highest BCUT2D eigenvalue weighted by Crippen LogP contribution is 2.36. The van der Waals surface area contributed by atoms with Crippen LogP contribution in [0, 0.1) is 0 Å². The summed E-state index contributed by atoms with van der Waals surface area (Å²) < 4.78 is 10.5. The quantitative estimate of drug-likeness (QED) is 0.459. The van der Waals surface area contributed by atoms with Gasteiger partial charge in [0.15, 0.2) is 0 Å². The van der Waals surface area contributed by atoms with Crippen LogP contribution in [0.3, 0.4) is 0 Å². The van der Waals surface area contributed by atoms with Crippen LogP contribution in [0.25, 0.3) is 0 Å². The predicted molar refractivity (Wildman–Crippen MR) is 119 cm³/mol. The number of hydrogen-bond acceptors (Lipinski definition) is 6. The van der Waals surface area contributed by atoms with Crippen molar-refractivity contribution in [2.75, 3.05) is 6.61 Å². The average Bonchev–Trinajstić information content (AvgIpc) is 2.76. The van der Waals surface area contributed by atoms with Crippen molar-refractivity contribution in [2.24, 2.45) is 0 Å². The van der Waals surface area contributed by atoms with E-state index in [1.807, 2.05) is 37.3 Å². The van der Waals surface area contributed by atoms with E-state index >= 15 is 0 Å². The summed E-state index contributed by atoms with van der Waals surface area (Å²) in [5, 5.41) is 13.5. The highest BCUT2D eigenvalue weighted by Gasteiger charge is 2.33. The molecule has 32 heavy (non-hydrogen) atoms. The zero-order chi connectivity index (χ0) is 23.3. The third kappa shape index (κ3) is 5.40. The van der Waals surface area contributed by atoms with E-state index in [1.54, 1.807) is 6.92 Å². The number of amides is 1. The molecular weight excluding hydrogens is 434 g/mol. The van der Waals surface area contributed by atoms with Gasteiger partial charge in [-0.15, -0.1) is 0 Å². The van der Waals surface area contributed by atoms with Crippen molar-refractivity contribution < 1.29 is 29.0 Å². The zero-order valence-corrected chi connectivity index (χ0v) is 18.8. The van der Waals surface area contributed by atoms with E-state index in [1.165, 1.54) is 6.07 Å². The molecule has 0 bridgehead atoms. The molecule has 2 aromatic rings. The van der Waals surface area contributed by atoms with Crippen molar-refractivity contribution >= 4 is 29.4 Å². The van der Waals surface area contributed by atoms with E-state index in [9.17, 15) is 19.5 Å². The Morgan fingerprint density at radius 3 is 2.72 bits per heavy atom. The number of unbranched alkanes of at least 4 members (excludes halogenated alkanes) is 1. The Kier molecular flexibility index (Phi) is 7.75. The second kappa shape index (κ2) is 10.5. The molecule has 8 heteroatoms. The number of phenols is 1. The smallest absolute Gasteiger partial charge is 0.342 e. The van der Waals surface area contributed by atoms with E-state index in [-0.39, 0.29) is 35.3 Å². The molecule has 1 aliphatic heterocycles. The fourth-order valence-electron chi connectivity index (χ4n) is 3.54. The fraction of sp³-hybridized carbons (Fsp3) is 0.375. The van der Waals surface area contributed by atoms with E-state index in [0.717, 1.165) is 12.0 Å². The van der Waals surface area contributed by atoms with Crippen LogP contribution in [-0.4, -0.2) is 41.7 Å². The highest BCUT2D eigenvalue weighted by atomic mass is 35.5. The molecule has 2 N–H and O–H groups in total. The third-order valence-corrected chi connectivity index (χ3v) is 5.55. The van der Waals surface area contributed by atoms with Crippen LogP contribution >= 0.6 is 11.6 Å². The number of phenolic OH excluding ortho intramolecular Hbond substituents is 1. The van der Waals surface area contributed by atoms with Gasteiger partial charge in [0.05, 0.1) is 12.2 Å². The first-order valence-corrected chi connectivity index (χ1v) is 11.0. The number of carbonyl (C=O) groups is 3. The first-order valence-electron chi connectivity index (χ1n) is 10.6. The number of nitrogens with one attached hydrogen (secondary N) is 1. The molecule has 0 fully saturated rings. The molecule has 1 aliphatic rings. The van der Waals surface area contributed by atoms with Gasteiger partial charge in [-0.05, 0) is 30.5 Å². The Labute approximate surface area is 191 Å². The van der Waals surface area contributed by atoms with Gasteiger partial charge in [-0.3, -0.25) is 4.79 Å². The summed E-state index contributed by atoms with van der Waals surface area (Å²) in [5.74, 6) is -2.58. The van der Waals surface area contributed by atoms with E-state index in [0.29, 0.717) is 18.4 Å². The number of fused-ring (bicyclic) bond motifs is 1. The summed E-state index contributed by atoms with van der Waals surface area (Å²) in [4.78, 5) is 38.0. The molecule has 7 nitrogen and oxygen atoms in total. The number of halogens is 1. The molecule has 1 heterocycles. The molecule has 2 atom stereocenters. The second-order valence-electron chi connectivity index (χ2n) is 7.76. The van der Waals surface area contributed by atoms with E-state index in [4.69, 9.17) is 21.1 Å². The van der Waals surface area contributed by atoms with Gasteiger partial charge < -0.3 is 19.9 Å². The highest BCUT2D eigenvalue weighted by molar-refractivity contribution is 6.32. The number of hydrogen-bond donors (Lipinski definition) is 2. The lowest BCUT2D eigenvalue weighted by Gasteiger charge is -2.24. The molecule has 2 aromatic carbocycles. The van der Waals surface area contributed by atoms with Crippen LogP contribution in [-0.2, 0) is 27.1 Å². The molecule has 0 aromatic heterocycles. The summed E-state index contributed by atoms with van der Waals surface area (Å²) in [7, 11) is 0. The minimum Gasteiger partial charge on any atom is -0.506 e. The van der Waals surface area contributed by atoms with Crippen molar-refractivity contribution in [3.63, 3.8) is 0 Å². The maximum absolute atomic E-state index is 13.0. The number of ether oxygens (including phenoxy) is 2. The van der Waals surface area contributed by atoms with Crippen LogP contribution in [0.1, 0.15) is 58.5 Å². The molecule has 170 valence electrons. The van der Waals surface area contributed by atoms with Gasteiger partial charge in [0.25, 0.3) is 5.91 Å².